The normalized spacial score (nSPS) is 15.3. The first-order chi connectivity index (χ1) is 20.9. The molecule has 1 atom stereocenters. The second kappa shape index (κ2) is 13.8. The number of ether oxygens (including phenoxy) is 1. The lowest BCUT2D eigenvalue weighted by atomic mass is 9.95. The van der Waals surface area contributed by atoms with E-state index in [0.717, 1.165) is 45.1 Å². The van der Waals surface area contributed by atoms with Crippen molar-refractivity contribution in [1.82, 2.24) is 10.3 Å². The van der Waals surface area contributed by atoms with Gasteiger partial charge >= 0.3 is 18.2 Å². The van der Waals surface area contributed by atoms with Crippen molar-refractivity contribution in [1.29, 1.82) is 0 Å². The SMILES string of the molecule is CCc1cc2ccc1CCOC(=O)Nc1cccc(c1)CNC(=O)C2Nc1ccc2c(N)nccc2c1.O=C(O)C(F)(F)F. The number of alkyl halides is 3. The predicted molar refractivity (Wildman–Crippen MR) is 159 cm³/mol. The van der Waals surface area contributed by atoms with Gasteiger partial charge in [0, 0.05) is 35.9 Å². The molecule has 1 aromatic heterocycles. The molecule has 0 fully saturated rings. The smallest absolute Gasteiger partial charge is 0.475 e. The Kier molecular flexibility index (Phi) is 9.88. The van der Waals surface area contributed by atoms with Gasteiger partial charge < -0.3 is 26.2 Å². The van der Waals surface area contributed by atoms with Gasteiger partial charge in [0.05, 0.1) is 6.61 Å². The maximum absolute atomic E-state index is 13.6. The minimum Gasteiger partial charge on any atom is -0.475 e. The molecule has 3 heterocycles. The molecular weight excluding hydrogens is 579 g/mol. The van der Waals surface area contributed by atoms with Gasteiger partial charge in [-0.1, -0.05) is 37.3 Å². The van der Waals surface area contributed by atoms with Gasteiger partial charge in [-0.15, -0.1) is 0 Å². The van der Waals surface area contributed by atoms with Gasteiger partial charge in [-0.25, -0.2) is 14.6 Å². The number of carboxylic acid groups (broad SMARTS) is 1. The highest BCUT2D eigenvalue weighted by atomic mass is 19.4. The molecule has 0 radical (unpaired) electrons. The number of nitrogens with two attached hydrogens (primary N) is 1. The molecule has 230 valence electrons. The first-order valence-corrected chi connectivity index (χ1v) is 13.6. The van der Waals surface area contributed by atoms with Crippen LogP contribution in [0.5, 0.6) is 0 Å². The van der Waals surface area contributed by atoms with Crippen LogP contribution in [0.1, 0.15) is 35.2 Å². The molecule has 4 aromatic rings. The van der Waals surface area contributed by atoms with Crippen molar-refractivity contribution in [2.24, 2.45) is 0 Å². The quantitative estimate of drug-likeness (QED) is 0.201. The third-order valence-corrected chi connectivity index (χ3v) is 6.80. The minimum absolute atomic E-state index is 0.158. The second-order valence-electron chi connectivity index (χ2n) is 9.82. The maximum Gasteiger partial charge on any atom is 0.490 e. The van der Waals surface area contributed by atoms with Crippen LogP contribution in [0, 0.1) is 0 Å². The molecule has 3 aromatic carbocycles. The fourth-order valence-corrected chi connectivity index (χ4v) is 4.61. The molecule has 0 saturated carbocycles. The first-order valence-electron chi connectivity index (χ1n) is 13.6. The van der Waals surface area contributed by atoms with E-state index in [1.807, 2.05) is 54.6 Å². The van der Waals surface area contributed by atoms with Gasteiger partial charge in [-0.05, 0) is 70.5 Å². The fraction of sp³-hybridized carbons (Fsp3) is 0.226. The lowest BCUT2D eigenvalue weighted by molar-refractivity contribution is -0.192. The van der Waals surface area contributed by atoms with Gasteiger partial charge in [0.25, 0.3) is 0 Å². The average molecular weight is 610 g/mol. The van der Waals surface area contributed by atoms with Crippen LogP contribution in [0.4, 0.5) is 35.2 Å². The molecule has 44 heavy (non-hydrogen) atoms. The Morgan fingerprint density at radius 1 is 1.11 bits per heavy atom. The molecule has 0 aliphatic carbocycles. The number of aromatic nitrogens is 1. The van der Waals surface area contributed by atoms with Crippen LogP contribution in [0.2, 0.25) is 0 Å². The van der Waals surface area contributed by atoms with Crippen molar-refractivity contribution >= 4 is 45.9 Å². The molecule has 10 nitrogen and oxygen atoms in total. The van der Waals surface area contributed by atoms with E-state index in [1.54, 1.807) is 12.3 Å². The number of rotatable bonds is 3. The summed E-state index contributed by atoms with van der Waals surface area (Å²) in [4.78, 5) is 38.9. The number of halogens is 3. The molecule has 4 bridgehead atoms. The Bertz CT molecular complexity index is 1680. The van der Waals surface area contributed by atoms with Gasteiger partial charge in [0.1, 0.15) is 11.9 Å². The van der Waals surface area contributed by atoms with Crippen LogP contribution < -0.4 is 21.7 Å². The summed E-state index contributed by atoms with van der Waals surface area (Å²) >= 11 is 0. The maximum atomic E-state index is 13.6. The number of carbonyl (C=O) groups is 3. The van der Waals surface area contributed by atoms with Gasteiger partial charge in [-0.3, -0.25) is 10.1 Å². The Balaban J connectivity index is 0.000000566. The van der Waals surface area contributed by atoms with Crippen LogP contribution in [-0.2, 0) is 33.7 Å². The Morgan fingerprint density at radius 2 is 1.89 bits per heavy atom. The third kappa shape index (κ3) is 8.15. The Labute approximate surface area is 250 Å². The van der Waals surface area contributed by atoms with E-state index in [9.17, 15) is 22.8 Å². The number of carboxylic acids is 1. The number of hydrogen-bond acceptors (Lipinski definition) is 7. The minimum atomic E-state index is -5.08. The van der Waals surface area contributed by atoms with Crippen LogP contribution in [0.15, 0.2) is 72.9 Å². The summed E-state index contributed by atoms with van der Waals surface area (Å²) in [7, 11) is 0. The molecule has 1 unspecified atom stereocenters. The monoisotopic (exact) mass is 609 g/mol. The van der Waals surface area contributed by atoms with Crippen molar-refractivity contribution in [3.05, 3.63) is 95.2 Å². The van der Waals surface area contributed by atoms with Gasteiger partial charge in [0.2, 0.25) is 5.91 Å². The number of carbonyl (C=O) groups excluding carboxylic acids is 2. The zero-order valence-corrected chi connectivity index (χ0v) is 23.6. The zero-order valence-electron chi connectivity index (χ0n) is 23.6. The van der Waals surface area contributed by atoms with Gasteiger partial charge in [0.15, 0.2) is 0 Å². The molecular formula is C31H30F3N5O5. The Hall–Kier alpha value is -5.33. The van der Waals surface area contributed by atoms with Crippen molar-refractivity contribution in [2.75, 3.05) is 23.0 Å². The largest absolute Gasteiger partial charge is 0.490 e. The molecule has 13 heteroatoms. The molecule has 2 aliphatic heterocycles. The summed E-state index contributed by atoms with van der Waals surface area (Å²) < 4.78 is 37.1. The summed E-state index contributed by atoms with van der Waals surface area (Å²) in [6.07, 6.45) is -2.54. The van der Waals surface area contributed by atoms with E-state index in [2.05, 4.69) is 33.9 Å². The van der Waals surface area contributed by atoms with Crippen LogP contribution in [0.3, 0.4) is 0 Å². The Morgan fingerprint density at radius 3 is 2.61 bits per heavy atom. The number of pyridine rings is 1. The number of fused-ring (bicyclic) bond motifs is 10. The van der Waals surface area contributed by atoms with E-state index >= 15 is 0 Å². The number of aryl methyl sites for hydroxylation is 1. The zero-order chi connectivity index (χ0) is 31.9. The topological polar surface area (TPSA) is 156 Å². The highest BCUT2D eigenvalue weighted by molar-refractivity contribution is 5.94. The summed E-state index contributed by atoms with van der Waals surface area (Å²) in [5, 5.41) is 18.2. The average Bonchev–Trinajstić information content (AvgIpc) is 2.98. The molecule has 2 amide bonds. The van der Waals surface area contributed by atoms with E-state index in [-0.39, 0.29) is 12.5 Å². The van der Waals surface area contributed by atoms with E-state index in [4.69, 9.17) is 20.4 Å². The van der Waals surface area contributed by atoms with Crippen LogP contribution >= 0.6 is 0 Å². The van der Waals surface area contributed by atoms with Crippen molar-refractivity contribution < 1.29 is 37.4 Å². The predicted octanol–water partition coefficient (Wildman–Crippen LogP) is 5.59. The number of amides is 2. The second-order valence-corrected chi connectivity index (χ2v) is 9.82. The summed E-state index contributed by atoms with van der Waals surface area (Å²) in [5.74, 6) is -2.45. The number of nitrogen functional groups attached to an aromatic ring is 1. The molecule has 0 saturated heterocycles. The van der Waals surface area contributed by atoms with E-state index in [0.29, 0.717) is 24.5 Å². The van der Waals surface area contributed by atoms with E-state index < -0.39 is 24.3 Å². The molecule has 2 aliphatic rings. The standard InChI is InChI=1S/C29H29N5O3.C2HF3O2/c1-2-19-15-22-7-6-20(19)11-13-37-29(36)34-23-5-3-4-18(14-23)17-32-28(35)26(22)33-24-8-9-25-21(16-24)10-12-31-27(25)30;3-2(4,5)1(6)7/h3-10,12,14-16,26,33H,2,11,13,17H2,1H3,(H2,30,31)(H,32,35)(H,34,36);(H,6,7). The summed E-state index contributed by atoms with van der Waals surface area (Å²) in [6.45, 7) is 2.64. The number of nitrogens with one attached hydrogen (secondary N) is 3. The summed E-state index contributed by atoms with van der Waals surface area (Å²) in [5.41, 5.74) is 11.3. The molecule has 6 N–H and O–H groups in total. The van der Waals surface area contributed by atoms with Crippen LogP contribution in [0.25, 0.3) is 10.8 Å². The number of nitrogens with zero attached hydrogens (tertiary/aromatic N) is 1. The number of anilines is 3. The van der Waals surface area contributed by atoms with E-state index in [1.165, 1.54) is 0 Å². The van der Waals surface area contributed by atoms with Crippen LogP contribution in [-0.4, -0.2) is 40.8 Å². The molecule has 0 spiro atoms. The lowest BCUT2D eigenvalue weighted by Gasteiger charge is -2.22. The first kappa shape index (κ1) is 31.6. The highest BCUT2D eigenvalue weighted by Crippen LogP contribution is 2.28. The molecule has 6 rings (SSSR count). The van der Waals surface area contributed by atoms with Gasteiger partial charge in [-0.2, -0.15) is 13.2 Å². The number of hydrogen-bond donors (Lipinski definition) is 5. The lowest BCUT2D eigenvalue weighted by Crippen LogP contribution is -2.33. The highest BCUT2D eigenvalue weighted by Gasteiger charge is 2.38. The number of aliphatic carboxylic acids is 1. The van der Waals surface area contributed by atoms with Crippen molar-refractivity contribution in [3.8, 4) is 0 Å². The summed E-state index contributed by atoms with van der Waals surface area (Å²) in [6, 6.07) is 20.4. The van der Waals surface area contributed by atoms with Crippen molar-refractivity contribution in [2.45, 2.75) is 38.5 Å². The third-order valence-electron chi connectivity index (χ3n) is 6.80. The number of benzene rings is 3. The fourth-order valence-electron chi connectivity index (χ4n) is 4.61. The van der Waals surface area contributed by atoms with Crippen molar-refractivity contribution in [3.63, 3.8) is 0 Å².